The van der Waals surface area contributed by atoms with Crippen LogP contribution in [0.4, 0.5) is 0 Å². The van der Waals surface area contributed by atoms with Crippen LogP contribution in [0, 0.1) is 0 Å². The Balaban J connectivity index is 2.31. The van der Waals surface area contributed by atoms with Gasteiger partial charge in [0, 0.05) is 0 Å². The highest BCUT2D eigenvalue weighted by Gasteiger charge is 2.36. The van der Waals surface area contributed by atoms with E-state index in [0.29, 0.717) is 33.4 Å². The van der Waals surface area contributed by atoms with Crippen LogP contribution in [0.5, 0.6) is 0 Å². The second-order valence-corrected chi connectivity index (χ2v) is 18.9. The van der Waals surface area contributed by atoms with Crippen LogP contribution in [0.1, 0.15) is 91.6 Å². The number of hydrogen-bond donors (Lipinski definition) is 0. The molecule has 0 aliphatic heterocycles. The van der Waals surface area contributed by atoms with Gasteiger partial charge in [-0.25, -0.2) is 0 Å². The third-order valence-corrected chi connectivity index (χ3v) is 14.7. The predicted molar refractivity (Wildman–Crippen MR) is 236 cm³/mol. The summed E-state index contributed by atoms with van der Waals surface area (Å²) in [5.41, 5.74) is 6.37. The maximum absolute atomic E-state index is 14.7. The summed E-state index contributed by atoms with van der Waals surface area (Å²) in [4.78, 5) is 0. The molecular weight excluding hydrogens is 777 g/mol. The van der Waals surface area contributed by atoms with Gasteiger partial charge in [0.25, 0.3) is 0 Å². The molecule has 57 heavy (non-hydrogen) atoms. The van der Waals surface area contributed by atoms with Gasteiger partial charge < -0.3 is 27.1 Å². The number of benzene rings is 4. The maximum Gasteiger partial charge on any atom is 0.335 e. The smallest absolute Gasteiger partial charge is 0.309 e. The normalized spacial score (nSPS) is 12.7. The Morgan fingerprint density at radius 2 is 0.561 bits per heavy atom. The molecule has 0 saturated heterocycles. The Labute approximate surface area is 339 Å². The molecule has 9 nitrogen and oxygen atoms in total. The minimum atomic E-state index is -3.81. The second-order valence-electron chi connectivity index (χ2n) is 12.7. The molecule has 0 amide bonds. The fraction of sp³-hybridized carbons (Fsp3) is 0.333. The van der Waals surface area contributed by atoms with Crippen LogP contribution in [0.25, 0.3) is 36.5 Å². The van der Waals surface area contributed by atoms with Crippen LogP contribution in [-0.2, 0) is 59.3 Å². The summed E-state index contributed by atoms with van der Waals surface area (Å²) in [6, 6.07) is 29.4. The lowest BCUT2D eigenvalue weighted by Crippen LogP contribution is -2.12. The van der Waals surface area contributed by atoms with E-state index in [2.05, 4.69) is 0 Å². The average molecular weight is 835 g/mol. The zero-order valence-corrected chi connectivity index (χ0v) is 36.7. The van der Waals surface area contributed by atoms with Gasteiger partial charge in [-0.1, -0.05) is 127 Å². The zero-order chi connectivity index (χ0) is 41.2. The number of rotatable bonds is 24. The van der Waals surface area contributed by atoms with E-state index in [4.69, 9.17) is 27.1 Å². The van der Waals surface area contributed by atoms with Gasteiger partial charge in [0.2, 0.25) is 0 Å². The van der Waals surface area contributed by atoms with Crippen molar-refractivity contribution < 1.29 is 40.8 Å². The van der Waals surface area contributed by atoms with E-state index in [1.165, 1.54) is 0 Å². The van der Waals surface area contributed by atoms with Gasteiger partial charge in [0.15, 0.2) is 0 Å². The van der Waals surface area contributed by atoms with Crippen molar-refractivity contribution in [2.45, 2.75) is 60.0 Å². The highest BCUT2D eigenvalue weighted by Crippen LogP contribution is 2.59. The molecule has 0 aromatic heterocycles. The predicted octanol–water partition coefficient (Wildman–Crippen LogP) is 13.5. The molecule has 0 bridgehead atoms. The van der Waals surface area contributed by atoms with Crippen molar-refractivity contribution >= 4 is 59.2 Å². The Morgan fingerprint density at radius 3 is 0.754 bits per heavy atom. The number of hydrogen-bond acceptors (Lipinski definition) is 9. The molecule has 0 unspecified atom stereocenters. The third kappa shape index (κ3) is 13.8. The van der Waals surface area contributed by atoms with Gasteiger partial charge in [-0.2, -0.15) is 0 Å². The van der Waals surface area contributed by atoms with E-state index in [9.17, 15) is 13.7 Å². The van der Waals surface area contributed by atoms with E-state index in [0.717, 1.165) is 16.7 Å². The molecule has 0 fully saturated rings. The van der Waals surface area contributed by atoms with Gasteiger partial charge in [0.1, 0.15) is 0 Å². The Morgan fingerprint density at radius 1 is 0.351 bits per heavy atom. The molecule has 0 spiro atoms. The van der Waals surface area contributed by atoms with Crippen molar-refractivity contribution in [3.63, 3.8) is 0 Å². The monoisotopic (exact) mass is 834 g/mol. The fourth-order valence-electron chi connectivity index (χ4n) is 6.47. The topological polar surface area (TPSA) is 107 Å². The Kier molecular flexibility index (Phi) is 18.8. The lowest BCUT2D eigenvalue weighted by atomic mass is 9.86. The summed E-state index contributed by atoms with van der Waals surface area (Å²) >= 11 is 0. The van der Waals surface area contributed by atoms with Crippen molar-refractivity contribution in [1.82, 2.24) is 0 Å². The van der Waals surface area contributed by atoms with E-state index in [1.54, 1.807) is 41.5 Å². The summed E-state index contributed by atoms with van der Waals surface area (Å²) in [7, 11) is -11.4. The first-order valence-corrected chi connectivity index (χ1v) is 24.8. The molecule has 0 radical (unpaired) electrons. The molecule has 0 aliphatic rings. The maximum atomic E-state index is 14.7. The first kappa shape index (κ1) is 46.2. The largest absolute Gasteiger partial charge is 0.335 e. The zero-order valence-electron chi connectivity index (χ0n) is 34.0. The standard InChI is InChI=1S/C45H57O9P3/c1-7-49-55(46,50-8-2)34-43-40(31-28-37-22-16-13-17-23-37)44(35-56(47,51-9-3)52-10-4)42(33-30-39-26-20-15-21-27-39)45(36-57(48,53-11-5)54-12-6)41(43)32-29-38-24-18-14-19-25-38/h13-33H,7-12,34-36H2,1-6H3/b31-28+,32-29+,33-30+. The van der Waals surface area contributed by atoms with Crippen molar-refractivity contribution in [3.8, 4) is 0 Å². The lowest BCUT2D eigenvalue weighted by molar-refractivity contribution is 0.218. The quantitative estimate of drug-likeness (QED) is 0.0504. The van der Waals surface area contributed by atoms with Gasteiger partial charge >= 0.3 is 22.8 Å². The van der Waals surface area contributed by atoms with Crippen LogP contribution in [0.15, 0.2) is 91.0 Å². The molecule has 0 N–H and O–H groups in total. The summed E-state index contributed by atoms with van der Waals surface area (Å²) in [6.45, 7) is 11.5. The molecule has 0 aliphatic carbocycles. The molecule has 0 heterocycles. The van der Waals surface area contributed by atoms with Gasteiger partial charge in [-0.05, 0) is 91.6 Å². The Bertz CT molecular complexity index is 1790. The average Bonchev–Trinajstić information content (AvgIpc) is 3.19. The first-order valence-electron chi connectivity index (χ1n) is 19.6. The van der Waals surface area contributed by atoms with E-state index in [-0.39, 0.29) is 58.1 Å². The molecule has 306 valence electrons. The van der Waals surface area contributed by atoms with Crippen LogP contribution >= 0.6 is 22.8 Å². The summed E-state index contributed by atoms with van der Waals surface area (Å²) in [5.74, 6) is 0. The van der Waals surface area contributed by atoms with Crippen molar-refractivity contribution in [1.29, 1.82) is 0 Å². The molecule has 12 heteroatoms. The van der Waals surface area contributed by atoms with Crippen LogP contribution in [0.2, 0.25) is 0 Å². The second kappa shape index (κ2) is 23.2. The molecule has 0 atom stereocenters. The van der Waals surface area contributed by atoms with E-state index in [1.807, 2.05) is 127 Å². The van der Waals surface area contributed by atoms with Crippen molar-refractivity contribution in [2.75, 3.05) is 39.6 Å². The highest BCUT2D eigenvalue weighted by molar-refractivity contribution is 7.53. The van der Waals surface area contributed by atoms with Gasteiger partial charge in [-0.15, -0.1) is 0 Å². The Hall–Kier alpha value is -3.45. The van der Waals surface area contributed by atoms with Gasteiger partial charge in [0.05, 0.1) is 58.1 Å². The molecule has 4 aromatic carbocycles. The van der Waals surface area contributed by atoms with Crippen molar-refractivity contribution in [2.24, 2.45) is 0 Å². The highest BCUT2D eigenvalue weighted by atomic mass is 31.2. The summed E-state index contributed by atoms with van der Waals surface area (Å²) in [5, 5.41) is 0. The molecule has 0 saturated carbocycles. The lowest BCUT2D eigenvalue weighted by Gasteiger charge is -2.28. The van der Waals surface area contributed by atoms with Crippen LogP contribution in [0.3, 0.4) is 0 Å². The minimum absolute atomic E-state index is 0.146. The third-order valence-electron chi connectivity index (χ3n) is 8.69. The first-order chi connectivity index (χ1) is 27.5. The minimum Gasteiger partial charge on any atom is -0.309 e. The summed E-state index contributed by atoms with van der Waals surface area (Å²) in [6.07, 6.45) is 11.3. The van der Waals surface area contributed by atoms with E-state index >= 15 is 0 Å². The van der Waals surface area contributed by atoms with Crippen LogP contribution < -0.4 is 0 Å². The fourth-order valence-corrected chi connectivity index (χ4v) is 11.8. The molecular formula is C45H57O9P3. The molecule has 4 rings (SSSR count). The van der Waals surface area contributed by atoms with Gasteiger partial charge in [-0.3, -0.25) is 13.7 Å². The summed E-state index contributed by atoms with van der Waals surface area (Å²) < 4.78 is 79.8. The molecule has 4 aromatic rings. The van der Waals surface area contributed by atoms with E-state index < -0.39 is 22.8 Å². The SMILES string of the molecule is CCOP(=O)(Cc1c(/C=C/c2ccccc2)c(CP(=O)(OCC)OCC)c(/C=C/c2ccccc2)c(CP(=O)(OCC)OCC)c1/C=C/c1ccccc1)OCC. The van der Waals surface area contributed by atoms with Crippen molar-refractivity contribution in [3.05, 3.63) is 141 Å². The van der Waals surface area contributed by atoms with Crippen LogP contribution in [-0.4, -0.2) is 39.6 Å².